The third-order valence-corrected chi connectivity index (χ3v) is 3.22. The van der Waals surface area contributed by atoms with Crippen molar-refractivity contribution in [3.8, 4) is 0 Å². The van der Waals surface area contributed by atoms with Crippen molar-refractivity contribution in [2.24, 2.45) is 0 Å². The summed E-state index contributed by atoms with van der Waals surface area (Å²) < 4.78 is 0. The quantitative estimate of drug-likeness (QED) is 0.813. The Morgan fingerprint density at radius 1 is 1.67 bits per heavy atom. The minimum atomic E-state index is -0.180. The lowest BCUT2D eigenvalue weighted by molar-refractivity contribution is -0.122. The van der Waals surface area contributed by atoms with Crippen LogP contribution in [-0.2, 0) is 4.79 Å². The topological polar surface area (TPSA) is 32.3 Å². The maximum atomic E-state index is 11.4. The first-order chi connectivity index (χ1) is 6.95. The van der Waals surface area contributed by atoms with Crippen molar-refractivity contribution >= 4 is 29.1 Å². The lowest BCUT2D eigenvalue weighted by Gasteiger charge is -2.35. The number of nitrogens with one attached hydrogen (secondary N) is 1. The van der Waals surface area contributed by atoms with Crippen LogP contribution in [0.15, 0.2) is 10.6 Å². The Labute approximate surface area is 100 Å². The predicted octanol–water partition coefficient (Wildman–Crippen LogP) is 1.91. The Morgan fingerprint density at radius 2 is 2.33 bits per heavy atom. The number of rotatable bonds is 2. The van der Waals surface area contributed by atoms with Crippen LogP contribution in [0, 0.1) is 0 Å². The molecule has 1 aliphatic heterocycles. The summed E-state index contributed by atoms with van der Waals surface area (Å²) in [6.07, 6.45) is 0.486. The van der Waals surface area contributed by atoms with E-state index in [0.29, 0.717) is 24.5 Å². The number of halogens is 2. The van der Waals surface area contributed by atoms with Gasteiger partial charge in [0.2, 0.25) is 5.91 Å². The summed E-state index contributed by atoms with van der Waals surface area (Å²) in [6.45, 7) is 6.12. The molecule has 1 amide bonds. The van der Waals surface area contributed by atoms with Crippen molar-refractivity contribution in [1.82, 2.24) is 10.2 Å². The molecule has 5 heteroatoms. The second-order valence-corrected chi connectivity index (χ2v) is 5.02. The molecule has 1 saturated heterocycles. The third-order valence-electron chi connectivity index (χ3n) is 2.61. The predicted molar refractivity (Wildman–Crippen MR) is 63.1 cm³/mol. The molecular formula is C10H16Cl2N2O. The Kier molecular flexibility index (Phi) is 4.44. The van der Waals surface area contributed by atoms with Gasteiger partial charge in [0.15, 0.2) is 0 Å². The molecule has 0 bridgehead atoms. The Balaban J connectivity index is 2.73. The molecule has 0 aromatic carbocycles. The van der Waals surface area contributed by atoms with Gasteiger partial charge < -0.3 is 5.32 Å². The van der Waals surface area contributed by atoms with E-state index in [-0.39, 0.29) is 11.4 Å². The summed E-state index contributed by atoms with van der Waals surface area (Å²) in [6, 6.07) is 0. The lowest BCUT2D eigenvalue weighted by Crippen LogP contribution is -2.45. The SMILES string of the molecule is CC1(C)CC(=O)NCCN1CC(Cl)=CCl. The van der Waals surface area contributed by atoms with Crippen LogP contribution in [0.2, 0.25) is 0 Å². The maximum Gasteiger partial charge on any atom is 0.221 e. The number of carbonyl (C=O) groups is 1. The van der Waals surface area contributed by atoms with Crippen molar-refractivity contribution < 1.29 is 4.79 Å². The fourth-order valence-corrected chi connectivity index (χ4v) is 1.92. The molecule has 0 radical (unpaired) electrons. The highest BCUT2D eigenvalue weighted by Gasteiger charge is 2.31. The molecule has 0 atom stereocenters. The van der Waals surface area contributed by atoms with Gasteiger partial charge in [0.25, 0.3) is 0 Å². The molecule has 1 N–H and O–H groups in total. The highest BCUT2D eigenvalue weighted by molar-refractivity contribution is 6.36. The van der Waals surface area contributed by atoms with Gasteiger partial charge in [-0.2, -0.15) is 0 Å². The molecule has 0 spiro atoms. The van der Waals surface area contributed by atoms with Gasteiger partial charge in [-0.3, -0.25) is 9.69 Å². The Morgan fingerprint density at radius 3 is 2.93 bits per heavy atom. The number of carbonyl (C=O) groups excluding carboxylic acids is 1. The molecule has 15 heavy (non-hydrogen) atoms. The van der Waals surface area contributed by atoms with E-state index in [9.17, 15) is 4.79 Å². The minimum Gasteiger partial charge on any atom is -0.355 e. The summed E-state index contributed by atoms with van der Waals surface area (Å²) in [5.74, 6) is 0.0912. The van der Waals surface area contributed by atoms with Gasteiger partial charge in [0, 0.05) is 42.2 Å². The van der Waals surface area contributed by atoms with Gasteiger partial charge in [-0.15, -0.1) is 0 Å². The second-order valence-electron chi connectivity index (χ2n) is 4.32. The highest BCUT2D eigenvalue weighted by Crippen LogP contribution is 2.22. The molecule has 0 aromatic heterocycles. The highest BCUT2D eigenvalue weighted by atomic mass is 35.5. The molecule has 1 heterocycles. The van der Waals surface area contributed by atoms with Gasteiger partial charge in [0.1, 0.15) is 0 Å². The number of amides is 1. The van der Waals surface area contributed by atoms with E-state index in [1.54, 1.807) is 0 Å². The molecule has 1 rings (SSSR count). The first kappa shape index (κ1) is 12.8. The molecule has 0 saturated carbocycles. The Hall–Kier alpha value is -0.250. The molecule has 0 aromatic rings. The fraction of sp³-hybridized carbons (Fsp3) is 0.700. The fourth-order valence-electron chi connectivity index (χ4n) is 1.71. The standard InChI is InChI=1S/C10H16Cl2N2O/c1-10(2)5-9(15)13-3-4-14(10)7-8(12)6-11/h6H,3-5,7H2,1-2H3,(H,13,15). The first-order valence-electron chi connectivity index (χ1n) is 4.92. The summed E-state index contributed by atoms with van der Waals surface area (Å²) in [5.41, 5.74) is 1.19. The minimum absolute atomic E-state index is 0.0912. The maximum absolute atomic E-state index is 11.4. The van der Waals surface area contributed by atoms with E-state index in [4.69, 9.17) is 23.2 Å². The molecule has 86 valence electrons. The van der Waals surface area contributed by atoms with E-state index >= 15 is 0 Å². The number of hydrogen-bond acceptors (Lipinski definition) is 2. The van der Waals surface area contributed by atoms with Crippen molar-refractivity contribution in [3.63, 3.8) is 0 Å². The summed E-state index contributed by atoms with van der Waals surface area (Å²) in [4.78, 5) is 13.5. The zero-order valence-corrected chi connectivity index (χ0v) is 10.5. The summed E-state index contributed by atoms with van der Waals surface area (Å²) in [5, 5.41) is 3.44. The van der Waals surface area contributed by atoms with Crippen LogP contribution < -0.4 is 5.32 Å². The lowest BCUT2D eigenvalue weighted by atomic mass is 9.98. The van der Waals surface area contributed by atoms with Gasteiger partial charge in [-0.25, -0.2) is 0 Å². The van der Waals surface area contributed by atoms with Gasteiger partial charge in [0.05, 0.1) is 0 Å². The molecule has 1 aliphatic rings. The monoisotopic (exact) mass is 250 g/mol. The average molecular weight is 251 g/mol. The number of hydrogen-bond donors (Lipinski definition) is 1. The van der Waals surface area contributed by atoms with Crippen LogP contribution in [0.25, 0.3) is 0 Å². The van der Waals surface area contributed by atoms with Crippen LogP contribution in [0.1, 0.15) is 20.3 Å². The Bertz CT molecular complexity index is 277. The van der Waals surface area contributed by atoms with Gasteiger partial charge >= 0.3 is 0 Å². The molecular weight excluding hydrogens is 235 g/mol. The van der Waals surface area contributed by atoms with Crippen molar-refractivity contribution in [2.45, 2.75) is 25.8 Å². The van der Waals surface area contributed by atoms with E-state index in [1.165, 1.54) is 5.54 Å². The largest absolute Gasteiger partial charge is 0.355 e. The summed E-state index contributed by atoms with van der Waals surface area (Å²) in [7, 11) is 0. The van der Waals surface area contributed by atoms with Crippen LogP contribution in [0.3, 0.4) is 0 Å². The first-order valence-corrected chi connectivity index (χ1v) is 5.73. The molecule has 1 fully saturated rings. The van der Waals surface area contributed by atoms with Crippen LogP contribution >= 0.6 is 23.2 Å². The van der Waals surface area contributed by atoms with E-state index in [2.05, 4.69) is 10.2 Å². The number of nitrogens with zero attached hydrogens (tertiary/aromatic N) is 1. The molecule has 0 unspecified atom stereocenters. The normalized spacial score (nSPS) is 23.5. The average Bonchev–Trinajstić information content (AvgIpc) is 2.25. The zero-order chi connectivity index (χ0) is 11.5. The van der Waals surface area contributed by atoms with Gasteiger partial charge in [-0.05, 0) is 13.8 Å². The van der Waals surface area contributed by atoms with E-state index < -0.39 is 0 Å². The van der Waals surface area contributed by atoms with Gasteiger partial charge in [-0.1, -0.05) is 23.2 Å². The zero-order valence-electron chi connectivity index (χ0n) is 9.02. The van der Waals surface area contributed by atoms with Crippen LogP contribution in [0.4, 0.5) is 0 Å². The van der Waals surface area contributed by atoms with Crippen LogP contribution in [0.5, 0.6) is 0 Å². The molecule has 0 aliphatic carbocycles. The van der Waals surface area contributed by atoms with E-state index in [1.807, 2.05) is 13.8 Å². The summed E-state index contributed by atoms with van der Waals surface area (Å²) >= 11 is 11.4. The third kappa shape index (κ3) is 3.67. The van der Waals surface area contributed by atoms with Crippen molar-refractivity contribution in [1.29, 1.82) is 0 Å². The van der Waals surface area contributed by atoms with Crippen LogP contribution in [-0.4, -0.2) is 36.0 Å². The van der Waals surface area contributed by atoms with Crippen molar-refractivity contribution in [2.75, 3.05) is 19.6 Å². The van der Waals surface area contributed by atoms with Crippen molar-refractivity contribution in [3.05, 3.63) is 10.6 Å². The smallest absolute Gasteiger partial charge is 0.221 e. The van der Waals surface area contributed by atoms with E-state index in [0.717, 1.165) is 6.54 Å². The second kappa shape index (κ2) is 5.19. The molecule has 3 nitrogen and oxygen atoms in total.